The van der Waals surface area contributed by atoms with Crippen molar-refractivity contribution >= 4 is 34.2 Å². The van der Waals surface area contributed by atoms with Crippen molar-refractivity contribution in [3.05, 3.63) is 34.3 Å². The summed E-state index contributed by atoms with van der Waals surface area (Å²) in [6.45, 7) is 6.26. The van der Waals surface area contributed by atoms with Gasteiger partial charge in [0.25, 0.3) is 0 Å². The molecule has 0 atom stereocenters. The van der Waals surface area contributed by atoms with Crippen LogP contribution in [0, 0.1) is 0 Å². The molecule has 1 aliphatic carbocycles. The number of hydrogen-bond donors (Lipinski definition) is 2. The number of nitrogens with zero attached hydrogens (tertiary/aromatic N) is 1. The van der Waals surface area contributed by atoms with Crippen LogP contribution in [-0.2, 0) is 10.2 Å². The molecule has 0 spiro atoms. The summed E-state index contributed by atoms with van der Waals surface area (Å²) in [4.78, 5) is 15.0. The molecule has 2 fully saturated rings. The zero-order valence-electron chi connectivity index (χ0n) is 13.3. The van der Waals surface area contributed by atoms with Crippen LogP contribution in [0.15, 0.2) is 28.7 Å². The number of piperazine rings is 1. The van der Waals surface area contributed by atoms with E-state index >= 15 is 0 Å². The van der Waals surface area contributed by atoms with Crippen LogP contribution in [0.4, 0.5) is 0 Å². The van der Waals surface area contributed by atoms with Crippen molar-refractivity contribution < 1.29 is 4.79 Å². The van der Waals surface area contributed by atoms with E-state index in [1.54, 1.807) is 0 Å². The van der Waals surface area contributed by atoms with E-state index in [9.17, 15) is 4.79 Å². The molecule has 23 heavy (non-hydrogen) atoms. The van der Waals surface area contributed by atoms with Gasteiger partial charge in [0.1, 0.15) is 0 Å². The fraction of sp³-hybridized carbons (Fsp3) is 0.588. The third-order valence-corrected chi connectivity index (χ3v) is 5.26. The predicted molar refractivity (Wildman–Crippen MR) is 99.2 cm³/mol. The predicted octanol–water partition coefficient (Wildman–Crippen LogP) is 2.31. The largest absolute Gasteiger partial charge is 0.355 e. The Hall–Kier alpha value is -0.620. The standard InChI is InChI=1S/C17H24BrN3O.ClH/c18-15-4-2-14(3-5-15)17(6-7-17)16(22)20-8-1-11-21-12-9-19-10-13-21;/h2-5,19H,1,6-13H2,(H,20,22);1H. The van der Waals surface area contributed by atoms with Crippen molar-refractivity contribution in [1.29, 1.82) is 0 Å². The van der Waals surface area contributed by atoms with E-state index in [0.717, 1.165) is 68.6 Å². The van der Waals surface area contributed by atoms with Crippen LogP contribution in [0.5, 0.6) is 0 Å². The number of carbonyl (C=O) groups excluding carboxylic acids is 1. The van der Waals surface area contributed by atoms with Gasteiger partial charge in [-0.25, -0.2) is 0 Å². The Labute approximate surface area is 152 Å². The van der Waals surface area contributed by atoms with Gasteiger partial charge < -0.3 is 15.5 Å². The molecule has 128 valence electrons. The third-order valence-electron chi connectivity index (χ3n) is 4.73. The minimum absolute atomic E-state index is 0. The lowest BCUT2D eigenvalue weighted by molar-refractivity contribution is -0.123. The molecular formula is C17H25BrClN3O. The van der Waals surface area contributed by atoms with Crippen LogP contribution in [0.2, 0.25) is 0 Å². The average molecular weight is 403 g/mol. The lowest BCUT2D eigenvalue weighted by Gasteiger charge is -2.27. The van der Waals surface area contributed by atoms with E-state index in [4.69, 9.17) is 0 Å². The summed E-state index contributed by atoms with van der Waals surface area (Å²) in [6.07, 6.45) is 2.97. The first-order valence-corrected chi connectivity index (χ1v) is 8.97. The van der Waals surface area contributed by atoms with E-state index in [1.807, 2.05) is 12.1 Å². The van der Waals surface area contributed by atoms with Crippen LogP contribution < -0.4 is 10.6 Å². The van der Waals surface area contributed by atoms with Gasteiger partial charge in [-0.1, -0.05) is 28.1 Å². The van der Waals surface area contributed by atoms with E-state index in [0.29, 0.717) is 0 Å². The highest BCUT2D eigenvalue weighted by atomic mass is 79.9. The number of benzene rings is 1. The highest BCUT2D eigenvalue weighted by Crippen LogP contribution is 2.48. The van der Waals surface area contributed by atoms with Gasteiger partial charge in [-0.05, 0) is 43.5 Å². The molecule has 1 aromatic carbocycles. The van der Waals surface area contributed by atoms with Crippen LogP contribution in [0.25, 0.3) is 0 Å². The van der Waals surface area contributed by atoms with E-state index in [-0.39, 0.29) is 23.7 Å². The maximum absolute atomic E-state index is 12.5. The van der Waals surface area contributed by atoms with Gasteiger partial charge in [-0.3, -0.25) is 4.79 Å². The minimum Gasteiger partial charge on any atom is -0.355 e. The zero-order valence-corrected chi connectivity index (χ0v) is 15.7. The first-order chi connectivity index (χ1) is 10.7. The molecule has 0 aromatic heterocycles. The maximum Gasteiger partial charge on any atom is 0.230 e. The fourth-order valence-corrected chi connectivity index (χ4v) is 3.41. The summed E-state index contributed by atoms with van der Waals surface area (Å²) >= 11 is 3.45. The van der Waals surface area contributed by atoms with Gasteiger partial charge in [0, 0.05) is 37.2 Å². The molecule has 1 amide bonds. The maximum atomic E-state index is 12.5. The van der Waals surface area contributed by atoms with Crippen molar-refractivity contribution in [2.24, 2.45) is 0 Å². The van der Waals surface area contributed by atoms with E-state index in [2.05, 4.69) is 43.6 Å². The normalized spacial score (nSPS) is 19.7. The molecule has 0 unspecified atom stereocenters. The Morgan fingerprint density at radius 3 is 2.48 bits per heavy atom. The van der Waals surface area contributed by atoms with E-state index in [1.165, 1.54) is 0 Å². The van der Waals surface area contributed by atoms with Crippen molar-refractivity contribution in [3.63, 3.8) is 0 Å². The Balaban J connectivity index is 0.00000192. The summed E-state index contributed by atoms with van der Waals surface area (Å²) in [6, 6.07) is 8.18. The molecule has 2 aliphatic rings. The number of hydrogen-bond acceptors (Lipinski definition) is 3. The zero-order chi connectivity index (χ0) is 15.4. The lowest BCUT2D eigenvalue weighted by Crippen LogP contribution is -2.44. The second-order valence-electron chi connectivity index (χ2n) is 6.29. The Morgan fingerprint density at radius 1 is 1.22 bits per heavy atom. The second kappa shape index (κ2) is 8.47. The van der Waals surface area contributed by atoms with Gasteiger partial charge in [0.05, 0.1) is 5.41 Å². The van der Waals surface area contributed by atoms with Crippen LogP contribution in [0.3, 0.4) is 0 Å². The number of amides is 1. The van der Waals surface area contributed by atoms with Gasteiger partial charge in [-0.15, -0.1) is 12.4 Å². The molecule has 3 rings (SSSR count). The van der Waals surface area contributed by atoms with Crippen molar-refractivity contribution in [1.82, 2.24) is 15.5 Å². The average Bonchev–Trinajstić information content (AvgIpc) is 3.35. The summed E-state index contributed by atoms with van der Waals surface area (Å²) in [5, 5.41) is 6.50. The summed E-state index contributed by atoms with van der Waals surface area (Å²) in [7, 11) is 0. The summed E-state index contributed by atoms with van der Waals surface area (Å²) in [5.74, 6) is 0.204. The molecule has 0 radical (unpaired) electrons. The van der Waals surface area contributed by atoms with Gasteiger partial charge in [-0.2, -0.15) is 0 Å². The molecule has 1 aromatic rings. The Morgan fingerprint density at radius 2 is 1.87 bits per heavy atom. The SMILES string of the molecule is Cl.O=C(NCCCN1CCNCC1)C1(c2ccc(Br)cc2)CC1. The summed E-state index contributed by atoms with van der Waals surface area (Å²) < 4.78 is 1.06. The fourth-order valence-electron chi connectivity index (χ4n) is 3.15. The first-order valence-electron chi connectivity index (χ1n) is 8.18. The Kier molecular flexibility index (Phi) is 6.89. The van der Waals surface area contributed by atoms with Crippen molar-refractivity contribution in [3.8, 4) is 0 Å². The highest BCUT2D eigenvalue weighted by Gasteiger charge is 2.50. The smallest absolute Gasteiger partial charge is 0.230 e. The Bertz CT molecular complexity index is 513. The lowest BCUT2D eigenvalue weighted by atomic mass is 9.95. The van der Waals surface area contributed by atoms with Crippen LogP contribution >= 0.6 is 28.3 Å². The first kappa shape index (κ1) is 18.7. The third kappa shape index (κ3) is 4.69. The van der Waals surface area contributed by atoms with Gasteiger partial charge in [0.15, 0.2) is 0 Å². The number of halogens is 2. The van der Waals surface area contributed by atoms with Gasteiger partial charge in [0.2, 0.25) is 5.91 Å². The minimum atomic E-state index is -0.254. The second-order valence-corrected chi connectivity index (χ2v) is 7.21. The number of carbonyl (C=O) groups is 1. The topological polar surface area (TPSA) is 44.4 Å². The molecule has 1 saturated carbocycles. The molecule has 2 N–H and O–H groups in total. The highest BCUT2D eigenvalue weighted by molar-refractivity contribution is 9.10. The van der Waals surface area contributed by atoms with Gasteiger partial charge >= 0.3 is 0 Å². The quantitative estimate of drug-likeness (QED) is 0.718. The molecule has 4 nitrogen and oxygen atoms in total. The summed E-state index contributed by atoms with van der Waals surface area (Å²) in [5.41, 5.74) is 0.894. The van der Waals surface area contributed by atoms with Crippen LogP contribution in [0.1, 0.15) is 24.8 Å². The molecule has 1 saturated heterocycles. The monoisotopic (exact) mass is 401 g/mol. The molecule has 1 aliphatic heterocycles. The molecule has 1 heterocycles. The van der Waals surface area contributed by atoms with Crippen molar-refractivity contribution in [2.75, 3.05) is 39.3 Å². The molecular weight excluding hydrogens is 378 g/mol. The molecule has 0 bridgehead atoms. The van der Waals surface area contributed by atoms with Crippen LogP contribution in [-0.4, -0.2) is 50.1 Å². The number of rotatable bonds is 6. The number of nitrogens with one attached hydrogen (secondary N) is 2. The molecule has 6 heteroatoms. The van der Waals surface area contributed by atoms with E-state index < -0.39 is 0 Å². The van der Waals surface area contributed by atoms with Crippen molar-refractivity contribution in [2.45, 2.75) is 24.7 Å².